The van der Waals surface area contributed by atoms with Crippen LogP contribution < -0.4 is 15.5 Å². The van der Waals surface area contributed by atoms with Gasteiger partial charge in [-0.3, -0.25) is 4.99 Å². The molecule has 0 aromatic heterocycles. The van der Waals surface area contributed by atoms with E-state index in [-0.39, 0.29) is 0 Å². The summed E-state index contributed by atoms with van der Waals surface area (Å²) in [6, 6.07) is 8.48. The van der Waals surface area contributed by atoms with E-state index in [1.165, 1.54) is 11.3 Å². The largest absolute Gasteiger partial charge is 0.370 e. The zero-order valence-electron chi connectivity index (χ0n) is 12.8. The van der Waals surface area contributed by atoms with Gasteiger partial charge in [-0.05, 0) is 25.5 Å². The maximum atomic E-state index is 4.17. The summed E-state index contributed by atoms with van der Waals surface area (Å²) in [5.74, 6) is 0.811. The fraction of sp³-hybridized carbons (Fsp3) is 0.438. The van der Waals surface area contributed by atoms with Crippen molar-refractivity contribution in [2.45, 2.75) is 13.8 Å². The quantitative estimate of drug-likeness (QED) is 0.455. The molecular formula is C16H26N4. The molecule has 4 heteroatoms. The van der Waals surface area contributed by atoms with Gasteiger partial charge in [0.25, 0.3) is 0 Å². The highest BCUT2D eigenvalue weighted by atomic mass is 15.2. The van der Waals surface area contributed by atoms with Crippen molar-refractivity contribution < 1.29 is 0 Å². The van der Waals surface area contributed by atoms with E-state index in [0.29, 0.717) is 0 Å². The first-order valence-electron chi connectivity index (χ1n) is 7.08. The SMILES string of the molecule is C=CCNC(=NC)NCCN(CC)c1ccccc1C. The number of benzene rings is 1. The number of hydrogen-bond acceptors (Lipinski definition) is 2. The monoisotopic (exact) mass is 274 g/mol. The molecule has 0 aliphatic heterocycles. The smallest absolute Gasteiger partial charge is 0.191 e. The number of para-hydroxylation sites is 1. The van der Waals surface area contributed by atoms with E-state index in [9.17, 15) is 0 Å². The molecule has 0 saturated heterocycles. The standard InChI is InChI=1S/C16H26N4/c1-5-11-18-16(17-4)19-12-13-20(6-2)15-10-8-7-9-14(15)3/h5,7-10H,1,6,11-13H2,2-4H3,(H2,17,18,19). The Labute approximate surface area is 122 Å². The van der Waals surface area contributed by atoms with Crippen molar-refractivity contribution in [1.29, 1.82) is 0 Å². The van der Waals surface area contributed by atoms with Gasteiger partial charge in [-0.1, -0.05) is 24.3 Å². The van der Waals surface area contributed by atoms with E-state index < -0.39 is 0 Å². The van der Waals surface area contributed by atoms with Crippen LogP contribution in [0, 0.1) is 6.92 Å². The van der Waals surface area contributed by atoms with Crippen molar-refractivity contribution in [3.05, 3.63) is 42.5 Å². The molecule has 0 unspecified atom stereocenters. The van der Waals surface area contributed by atoms with Crippen LogP contribution in [0.15, 0.2) is 41.9 Å². The van der Waals surface area contributed by atoms with E-state index in [2.05, 4.69) is 65.2 Å². The Morgan fingerprint density at radius 3 is 2.70 bits per heavy atom. The highest BCUT2D eigenvalue weighted by molar-refractivity contribution is 5.79. The number of nitrogens with zero attached hydrogens (tertiary/aromatic N) is 2. The molecule has 4 nitrogen and oxygen atoms in total. The van der Waals surface area contributed by atoms with E-state index in [1.54, 1.807) is 7.05 Å². The number of likely N-dealkylation sites (N-methyl/N-ethyl adjacent to an activating group) is 1. The van der Waals surface area contributed by atoms with Gasteiger partial charge in [0.05, 0.1) is 0 Å². The van der Waals surface area contributed by atoms with Gasteiger partial charge in [-0.2, -0.15) is 0 Å². The molecule has 0 fully saturated rings. The maximum absolute atomic E-state index is 4.17. The van der Waals surface area contributed by atoms with E-state index in [1.807, 2.05) is 6.08 Å². The van der Waals surface area contributed by atoms with Crippen molar-refractivity contribution in [1.82, 2.24) is 10.6 Å². The zero-order valence-corrected chi connectivity index (χ0v) is 12.8. The molecule has 1 aromatic rings. The van der Waals surface area contributed by atoms with Crippen molar-refractivity contribution in [3.8, 4) is 0 Å². The number of rotatable bonds is 7. The lowest BCUT2D eigenvalue weighted by Gasteiger charge is -2.25. The molecule has 0 spiro atoms. The number of aryl methyl sites for hydroxylation is 1. The first-order valence-corrected chi connectivity index (χ1v) is 7.08. The summed E-state index contributed by atoms with van der Waals surface area (Å²) < 4.78 is 0. The Morgan fingerprint density at radius 2 is 2.10 bits per heavy atom. The highest BCUT2D eigenvalue weighted by Gasteiger charge is 2.06. The molecule has 0 radical (unpaired) electrons. The van der Waals surface area contributed by atoms with Gasteiger partial charge in [-0.25, -0.2) is 0 Å². The van der Waals surface area contributed by atoms with Crippen molar-refractivity contribution in [2.24, 2.45) is 4.99 Å². The molecule has 1 aromatic carbocycles. The summed E-state index contributed by atoms with van der Waals surface area (Å²) in [7, 11) is 1.78. The lowest BCUT2D eigenvalue weighted by molar-refractivity contribution is 0.758. The minimum Gasteiger partial charge on any atom is -0.370 e. The topological polar surface area (TPSA) is 39.7 Å². The Bertz CT molecular complexity index is 440. The molecule has 0 amide bonds. The second-order valence-corrected chi connectivity index (χ2v) is 4.53. The number of guanidine groups is 1. The third-order valence-corrected chi connectivity index (χ3v) is 3.15. The van der Waals surface area contributed by atoms with Crippen LogP contribution >= 0.6 is 0 Å². The molecule has 0 atom stereocenters. The maximum Gasteiger partial charge on any atom is 0.191 e. The summed E-state index contributed by atoms with van der Waals surface area (Å²) in [6.45, 7) is 11.5. The number of aliphatic imine (C=N–C) groups is 1. The fourth-order valence-electron chi connectivity index (χ4n) is 2.07. The Balaban J connectivity index is 2.50. The molecule has 0 aliphatic rings. The number of anilines is 1. The molecule has 0 heterocycles. The van der Waals surface area contributed by atoms with E-state index in [0.717, 1.165) is 32.1 Å². The molecule has 0 saturated carbocycles. The summed E-state index contributed by atoms with van der Waals surface area (Å²) in [5, 5.41) is 6.47. The van der Waals surface area contributed by atoms with Crippen LogP contribution in [0.3, 0.4) is 0 Å². The van der Waals surface area contributed by atoms with Crippen molar-refractivity contribution >= 4 is 11.6 Å². The van der Waals surface area contributed by atoms with E-state index in [4.69, 9.17) is 0 Å². The van der Waals surface area contributed by atoms with Crippen molar-refractivity contribution in [2.75, 3.05) is 38.1 Å². The van der Waals surface area contributed by atoms with Gasteiger partial charge in [-0.15, -0.1) is 6.58 Å². The van der Waals surface area contributed by atoms with Gasteiger partial charge < -0.3 is 15.5 Å². The average Bonchev–Trinajstić information content (AvgIpc) is 2.48. The van der Waals surface area contributed by atoms with Crippen LogP contribution in [0.2, 0.25) is 0 Å². The third kappa shape index (κ3) is 4.96. The fourth-order valence-corrected chi connectivity index (χ4v) is 2.07. The Kier molecular flexibility index (Phi) is 7.25. The summed E-state index contributed by atoms with van der Waals surface area (Å²) in [6.07, 6.45) is 1.82. The summed E-state index contributed by atoms with van der Waals surface area (Å²) in [4.78, 5) is 6.53. The predicted octanol–water partition coefficient (Wildman–Crippen LogP) is 2.17. The molecule has 110 valence electrons. The van der Waals surface area contributed by atoms with E-state index >= 15 is 0 Å². The second-order valence-electron chi connectivity index (χ2n) is 4.53. The van der Waals surface area contributed by atoms with Gasteiger partial charge in [0.1, 0.15) is 0 Å². The zero-order chi connectivity index (χ0) is 14.8. The van der Waals surface area contributed by atoms with Gasteiger partial charge >= 0.3 is 0 Å². The van der Waals surface area contributed by atoms with Gasteiger partial charge in [0.2, 0.25) is 0 Å². The van der Waals surface area contributed by atoms with Gasteiger partial charge in [0.15, 0.2) is 5.96 Å². The van der Waals surface area contributed by atoms with Gasteiger partial charge in [0, 0.05) is 38.9 Å². The lowest BCUT2D eigenvalue weighted by Crippen LogP contribution is -2.41. The van der Waals surface area contributed by atoms with Crippen LogP contribution in [-0.2, 0) is 0 Å². The van der Waals surface area contributed by atoms with Crippen LogP contribution in [0.5, 0.6) is 0 Å². The minimum absolute atomic E-state index is 0.717. The summed E-state index contributed by atoms with van der Waals surface area (Å²) in [5.41, 5.74) is 2.61. The Hall–Kier alpha value is -1.97. The van der Waals surface area contributed by atoms with Crippen LogP contribution in [0.25, 0.3) is 0 Å². The minimum atomic E-state index is 0.717. The molecule has 20 heavy (non-hydrogen) atoms. The molecule has 0 bridgehead atoms. The average molecular weight is 274 g/mol. The normalized spacial score (nSPS) is 11.1. The first-order chi connectivity index (χ1) is 9.72. The van der Waals surface area contributed by atoms with Crippen LogP contribution in [-0.4, -0.2) is 39.2 Å². The molecular weight excluding hydrogens is 248 g/mol. The molecule has 2 N–H and O–H groups in total. The second kappa shape index (κ2) is 9.02. The highest BCUT2D eigenvalue weighted by Crippen LogP contribution is 2.18. The number of hydrogen-bond donors (Lipinski definition) is 2. The third-order valence-electron chi connectivity index (χ3n) is 3.15. The Morgan fingerprint density at radius 1 is 1.35 bits per heavy atom. The number of nitrogens with one attached hydrogen (secondary N) is 2. The lowest BCUT2D eigenvalue weighted by atomic mass is 10.2. The predicted molar refractivity (Wildman–Crippen MR) is 88.6 cm³/mol. The molecule has 1 rings (SSSR count). The van der Waals surface area contributed by atoms with Crippen LogP contribution in [0.4, 0.5) is 5.69 Å². The van der Waals surface area contributed by atoms with Crippen LogP contribution in [0.1, 0.15) is 12.5 Å². The summed E-state index contributed by atoms with van der Waals surface area (Å²) >= 11 is 0. The van der Waals surface area contributed by atoms with Crippen molar-refractivity contribution in [3.63, 3.8) is 0 Å². The first kappa shape index (κ1) is 16.1. The molecule has 0 aliphatic carbocycles.